The fourth-order valence-corrected chi connectivity index (χ4v) is 4.08. The van der Waals surface area contributed by atoms with E-state index in [1.54, 1.807) is 0 Å². The van der Waals surface area contributed by atoms with Crippen molar-refractivity contribution in [3.63, 3.8) is 0 Å². The molecule has 91 valence electrons. The molecule has 0 aromatic carbocycles. The van der Waals surface area contributed by atoms with Crippen LogP contribution in [0.4, 0.5) is 0 Å². The van der Waals surface area contributed by atoms with Gasteiger partial charge in [-0.05, 0) is 30.5 Å². The van der Waals surface area contributed by atoms with E-state index in [-0.39, 0.29) is 0 Å². The molecule has 0 amide bonds. The van der Waals surface area contributed by atoms with Crippen molar-refractivity contribution in [1.82, 2.24) is 0 Å². The van der Waals surface area contributed by atoms with Gasteiger partial charge in [-0.1, -0.05) is 64.9 Å². The van der Waals surface area contributed by atoms with Gasteiger partial charge >= 0.3 is 0 Å². The first-order chi connectivity index (χ1) is 7.62. The van der Waals surface area contributed by atoms with E-state index in [9.17, 15) is 0 Å². The summed E-state index contributed by atoms with van der Waals surface area (Å²) in [6.45, 7) is 13.5. The maximum Gasteiger partial charge on any atom is 0.118 e. The molecule has 0 aromatic rings. The van der Waals surface area contributed by atoms with Gasteiger partial charge in [-0.15, -0.1) is 0 Å². The van der Waals surface area contributed by atoms with Gasteiger partial charge in [0.05, 0.1) is 0 Å². The largest absolute Gasteiger partial charge is 0.118 e. The van der Waals surface area contributed by atoms with Crippen LogP contribution in [0, 0.1) is 11.8 Å². The van der Waals surface area contributed by atoms with E-state index in [1.807, 2.05) is 0 Å². The second-order valence-corrected chi connectivity index (χ2v) is 5.56. The monoisotopic (exact) mass is 219 g/mol. The van der Waals surface area contributed by atoms with Crippen LogP contribution in [0.15, 0.2) is 12.2 Å². The summed E-state index contributed by atoms with van der Waals surface area (Å²) in [6.07, 6.45) is 7.98. The molecule has 1 rings (SSSR count). The average Bonchev–Trinajstić information content (AvgIpc) is 2.57. The normalized spacial score (nSPS) is 34.0. The molecule has 0 aromatic heterocycles. The molecule has 16 heavy (non-hydrogen) atoms. The summed E-state index contributed by atoms with van der Waals surface area (Å²) in [5.41, 5.74) is 1.41. The third kappa shape index (κ3) is 2.39. The Balaban J connectivity index is 2.97. The Labute approximate surface area is 103 Å². The highest BCUT2D eigenvalue weighted by atomic mass is 14.5. The fraction of sp³-hybridized carbons (Fsp3) is 0.867. The van der Waals surface area contributed by atoms with Crippen molar-refractivity contribution in [3.05, 3.63) is 12.2 Å². The van der Waals surface area contributed by atoms with Gasteiger partial charge in [-0.25, -0.2) is 0 Å². The van der Waals surface area contributed by atoms with Gasteiger partial charge in [0, 0.05) is 0 Å². The average molecular weight is 219 g/mol. The molecule has 1 heteroatoms. The van der Waals surface area contributed by atoms with Crippen LogP contribution in [0.25, 0.3) is 0 Å². The quantitative estimate of drug-likeness (QED) is 0.430. The maximum absolute atomic E-state index is 4.25. The van der Waals surface area contributed by atoms with Crippen molar-refractivity contribution >= 4 is 7.28 Å². The van der Waals surface area contributed by atoms with Gasteiger partial charge in [0.1, 0.15) is 7.28 Å². The molecule has 0 nitrogen and oxygen atoms in total. The van der Waals surface area contributed by atoms with Gasteiger partial charge in [0.2, 0.25) is 0 Å². The lowest BCUT2D eigenvalue weighted by Gasteiger charge is -2.41. The highest BCUT2D eigenvalue weighted by Gasteiger charge is 2.47. The second-order valence-electron chi connectivity index (χ2n) is 5.56. The zero-order chi connectivity index (χ0) is 12.2. The highest BCUT2D eigenvalue weighted by Crippen LogP contribution is 2.60. The smallest absolute Gasteiger partial charge is 0.0999 e. The fourth-order valence-electron chi connectivity index (χ4n) is 4.08. The third-order valence-corrected chi connectivity index (χ3v) is 4.57. The first-order valence-corrected chi connectivity index (χ1v) is 7.12. The Bertz CT molecular complexity index is 226. The number of hydrogen-bond donors (Lipinski definition) is 0. The molecule has 0 heterocycles. The van der Waals surface area contributed by atoms with E-state index >= 15 is 0 Å². The summed E-state index contributed by atoms with van der Waals surface area (Å²) < 4.78 is 0. The zero-order valence-corrected chi connectivity index (χ0v) is 11.7. The van der Waals surface area contributed by atoms with Crippen LogP contribution in [-0.4, -0.2) is 7.28 Å². The Morgan fingerprint density at radius 2 is 2.00 bits per heavy atom. The molecule has 3 unspecified atom stereocenters. The molecule has 0 spiro atoms. The van der Waals surface area contributed by atoms with Crippen LogP contribution in [0.3, 0.4) is 0 Å². The van der Waals surface area contributed by atoms with Gasteiger partial charge in [-0.2, -0.15) is 0 Å². The minimum Gasteiger partial charge on any atom is -0.0999 e. The molecule has 3 atom stereocenters. The first kappa shape index (κ1) is 13.9. The SMILES string of the molecule is C=C(C)C1CCC(CC)C1([B]CC)CCC. The van der Waals surface area contributed by atoms with Crippen molar-refractivity contribution in [3.8, 4) is 0 Å². The lowest BCUT2D eigenvalue weighted by Crippen LogP contribution is -2.31. The highest BCUT2D eigenvalue weighted by molar-refractivity contribution is 6.40. The number of hydrogen-bond acceptors (Lipinski definition) is 0. The Morgan fingerprint density at radius 3 is 2.44 bits per heavy atom. The molecule has 1 radical (unpaired) electrons. The van der Waals surface area contributed by atoms with E-state index in [0.29, 0.717) is 5.31 Å². The van der Waals surface area contributed by atoms with Crippen molar-refractivity contribution in [1.29, 1.82) is 0 Å². The van der Waals surface area contributed by atoms with E-state index in [0.717, 1.165) is 11.8 Å². The maximum atomic E-state index is 4.25. The summed E-state index contributed by atoms with van der Waals surface area (Å²) in [6, 6.07) is 0. The molecule has 0 aliphatic heterocycles. The Hall–Kier alpha value is -0.195. The molecule has 1 aliphatic carbocycles. The van der Waals surface area contributed by atoms with E-state index < -0.39 is 0 Å². The molecule has 1 aliphatic rings. The minimum absolute atomic E-state index is 0.476. The lowest BCUT2D eigenvalue weighted by atomic mass is 9.41. The molecular weight excluding hydrogens is 191 g/mol. The zero-order valence-electron chi connectivity index (χ0n) is 11.7. The summed E-state index contributed by atoms with van der Waals surface area (Å²) in [7, 11) is 2.62. The minimum atomic E-state index is 0.476. The second kappa shape index (κ2) is 5.93. The Kier molecular flexibility index (Phi) is 5.14. The summed E-state index contributed by atoms with van der Waals surface area (Å²) in [4.78, 5) is 0. The predicted molar refractivity (Wildman–Crippen MR) is 75.2 cm³/mol. The van der Waals surface area contributed by atoms with Crippen LogP contribution >= 0.6 is 0 Å². The first-order valence-electron chi connectivity index (χ1n) is 7.12. The van der Waals surface area contributed by atoms with Crippen molar-refractivity contribution in [2.45, 2.75) is 71.4 Å². The van der Waals surface area contributed by atoms with Crippen molar-refractivity contribution < 1.29 is 0 Å². The summed E-state index contributed by atoms with van der Waals surface area (Å²) in [5.74, 6) is 1.64. The van der Waals surface area contributed by atoms with Crippen LogP contribution < -0.4 is 0 Å². The van der Waals surface area contributed by atoms with Gasteiger partial charge in [-0.3, -0.25) is 0 Å². The number of rotatable bonds is 6. The third-order valence-electron chi connectivity index (χ3n) is 4.57. The number of allylic oxidation sites excluding steroid dienone is 1. The standard InChI is InChI=1S/C15H28B/c1-6-11-15(16-8-3)13(7-2)9-10-14(15)12(4)5/h13-14H,4,6-11H2,1-3,5H3. The molecule has 0 bridgehead atoms. The molecule has 0 saturated heterocycles. The van der Waals surface area contributed by atoms with E-state index in [1.165, 1.54) is 44.0 Å². The van der Waals surface area contributed by atoms with Crippen molar-refractivity contribution in [2.75, 3.05) is 0 Å². The molecule has 1 fully saturated rings. The molecule has 1 saturated carbocycles. The molecular formula is C15H28B. The van der Waals surface area contributed by atoms with Crippen LogP contribution in [-0.2, 0) is 0 Å². The van der Waals surface area contributed by atoms with Gasteiger partial charge in [0.25, 0.3) is 0 Å². The summed E-state index contributed by atoms with van der Waals surface area (Å²) >= 11 is 0. The van der Waals surface area contributed by atoms with Crippen LogP contribution in [0.2, 0.25) is 11.6 Å². The topological polar surface area (TPSA) is 0 Å². The van der Waals surface area contributed by atoms with E-state index in [4.69, 9.17) is 0 Å². The van der Waals surface area contributed by atoms with E-state index in [2.05, 4.69) is 41.6 Å². The molecule has 0 N–H and O–H groups in total. The Morgan fingerprint density at radius 1 is 1.31 bits per heavy atom. The van der Waals surface area contributed by atoms with Crippen molar-refractivity contribution in [2.24, 2.45) is 11.8 Å². The lowest BCUT2D eigenvalue weighted by molar-refractivity contribution is 0.325. The van der Waals surface area contributed by atoms with Gasteiger partial charge < -0.3 is 0 Å². The predicted octanol–water partition coefficient (Wildman–Crippen LogP) is 5.10. The van der Waals surface area contributed by atoms with Gasteiger partial charge in [0.15, 0.2) is 0 Å². The summed E-state index contributed by atoms with van der Waals surface area (Å²) in [5, 5.41) is 0.476. The van der Waals surface area contributed by atoms with Crippen LogP contribution in [0.1, 0.15) is 59.8 Å². The van der Waals surface area contributed by atoms with Crippen LogP contribution in [0.5, 0.6) is 0 Å².